The summed E-state index contributed by atoms with van der Waals surface area (Å²) in [5.74, 6) is 1.56. The third-order valence-electron chi connectivity index (χ3n) is 3.84. The zero-order valence-corrected chi connectivity index (χ0v) is 11.3. The van der Waals surface area contributed by atoms with E-state index in [0.29, 0.717) is 5.92 Å². The highest BCUT2D eigenvalue weighted by Gasteiger charge is 2.24. The van der Waals surface area contributed by atoms with Crippen molar-refractivity contribution in [1.29, 1.82) is 5.41 Å². The third kappa shape index (κ3) is 2.50. The van der Waals surface area contributed by atoms with Gasteiger partial charge in [-0.15, -0.1) is 0 Å². The summed E-state index contributed by atoms with van der Waals surface area (Å²) >= 11 is 0. The number of benzene rings is 1. The number of nitrogens with two attached hydrogens (primary N) is 1. The Kier molecular flexibility index (Phi) is 3.37. The molecule has 1 aromatic heterocycles. The Bertz CT molecular complexity index is 609. The molecule has 0 bridgehead atoms. The van der Waals surface area contributed by atoms with Crippen LogP contribution in [0.1, 0.15) is 23.5 Å². The predicted octanol–water partition coefficient (Wildman–Crippen LogP) is 2.36. The minimum Gasteiger partial charge on any atom is -0.384 e. The normalized spacial score (nSPS) is 18.2. The molecular formula is C16H18N4. The molecule has 2 aromatic rings. The van der Waals surface area contributed by atoms with Crippen LogP contribution in [0.15, 0.2) is 48.7 Å². The molecule has 1 saturated heterocycles. The molecule has 0 saturated carbocycles. The van der Waals surface area contributed by atoms with Crippen molar-refractivity contribution in [3.05, 3.63) is 59.8 Å². The minimum atomic E-state index is 0.0902. The third-order valence-corrected chi connectivity index (χ3v) is 3.84. The summed E-state index contributed by atoms with van der Waals surface area (Å²) in [6.07, 6.45) is 2.86. The number of pyridine rings is 1. The molecule has 1 aromatic carbocycles. The Balaban J connectivity index is 1.77. The van der Waals surface area contributed by atoms with Gasteiger partial charge < -0.3 is 10.6 Å². The van der Waals surface area contributed by atoms with Crippen LogP contribution in [0.25, 0.3) is 0 Å². The lowest BCUT2D eigenvalue weighted by Gasteiger charge is -2.18. The van der Waals surface area contributed by atoms with Crippen LogP contribution in [-0.4, -0.2) is 23.9 Å². The Morgan fingerprint density at radius 2 is 2.05 bits per heavy atom. The van der Waals surface area contributed by atoms with Gasteiger partial charge in [0, 0.05) is 30.8 Å². The molecule has 1 aliphatic rings. The summed E-state index contributed by atoms with van der Waals surface area (Å²) in [5.41, 5.74) is 7.66. The highest BCUT2D eigenvalue weighted by molar-refractivity contribution is 5.95. The molecule has 0 aliphatic carbocycles. The van der Waals surface area contributed by atoms with Crippen molar-refractivity contribution in [3.8, 4) is 0 Å². The number of hydrogen-bond acceptors (Lipinski definition) is 3. The van der Waals surface area contributed by atoms with Gasteiger partial charge in [0.15, 0.2) is 0 Å². The van der Waals surface area contributed by atoms with Crippen LogP contribution in [-0.2, 0) is 0 Å². The molecule has 4 nitrogen and oxygen atoms in total. The fourth-order valence-corrected chi connectivity index (χ4v) is 2.72. The van der Waals surface area contributed by atoms with Gasteiger partial charge in [-0.1, -0.05) is 30.3 Å². The maximum atomic E-state index is 7.51. The van der Waals surface area contributed by atoms with Gasteiger partial charge in [-0.2, -0.15) is 0 Å². The fraction of sp³-hybridized carbons (Fsp3) is 0.250. The van der Waals surface area contributed by atoms with Crippen LogP contribution in [0.3, 0.4) is 0 Å². The van der Waals surface area contributed by atoms with Crippen LogP contribution >= 0.6 is 0 Å². The van der Waals surface area contributed by atoms with Gasteiger partial charge in [-0.25, -0.2) is 4.98 Å². The molecule has 102 valence electrons. The second-order valence-corrected chi connectivity index (χ2v) is 5.16. The maximum absolute atomic E-state index is 7.51. The number of rotatable bonds is 3. The quantitative estimate of drug-likeness (QED) is 0.662. The van der Waals surface area contributed by atoms with E-state index in [-0.39, 0.29) is 5.84 Å². The van der Waals surface area contributed by atoms with E-state index in [9.17, 15) is 0 Å². The first-order valence-corrected chi connectivity index (χ1v) is 6.84. The molecule has 0 radical (unpaired) electrons. The predicted molar refractivity (Wildman–Crippen MR) is 81.3 cm³/mol. The summed E-state index contributed by atoms with van der Waals surface area (Å²) in [6, 6.07) is 14.3. The van der Waals surface area contributed by atoms with Crippen molar-refractivity contribution < 1.29 is 0 Å². The topological polar surface area (TPSA) is 66.0 Å². The van der Waals surface area contributed by atoms with Crippen LogP contribution in [0.4, 0.5) is 5.82 Å². The minimum absolute atomic E-state index is 0.0902. The zero-order valence-electron chi connectivity index (χ0n) is 11.3. The lowest BCUT2D eigenvalue weighted by atomic mass is 9.99. The van der Waals surface area contributed by atoms with E-state index < -0.39 is 0 Å². The monoisotopic (exact) mass is 266 g/mol. The number of anilines is 1. The number of amidine groups is 1. The summed E-state index contributed by atoms with van der Waals surface area (Å²) in [4.78, 5) is 6.67. The number of hydrogen-bond donors (Lipinski definition) is 2. The van der Waals surface area contributed by atoms with Gasteiger partial charge in [-0.3, -0.25) is 5.41 Å². The van der Waals surface area contributed by atoms with Crippen LogP contribution < -0.4 is 10.6 Å². The molecule has 1 fully saturated rings. The summed E-state index contributed by atoms with van der Waals surface area (Å²) < 4.78 is 0. The molecule has 1 atom stereocenters. The molecule has 0 amide bonds. The number of nitrogen functional groups attached to an aromatic ring is 1. The van der Waals surface area contributed by atoms with E-state index in [2.05, 4.69) is 34.1 Å². The smallest absolute Gasteiger partial charge is 0.129 e. The molecule has 3 N–H and O–H groups in total. The summed E-state index contributed by atoms with van der Waals surface area (Å²) in [6.45, 7) is 1.96. The van der Waals surface area contributed by atoms with E-state index in [4.69, 9.17) is 11.1 Å². The molecule has 2 heterocycles. The molecule has 3 rings (SSSR count). The van der Waals surface area contributed by atoms with E-state index >= 15 is 0 Å². The van der Waals surface area contributed by atoms with Crippen molar-refractivity contribution in [1.82, 2.24) is 4.98 Å². The molecule has 1 aliphatic heterocycles. The van der Waals surface area contributed by atoms with Crippen LogP contribution in [0.5, 0.6) is 0 Å². The van der Waals surface area contributed by atoms with Gasteiger partial charge in [0.05, 0.1) is 0 Å². The van der Waals surface area contributed by atoms with Gasteiger partial charge in [0.1, 0.15) is 11.7 Å². The highest BCUT2D eigenvalue weighted by Crippen LogP contribution is 2.29. The van der Waals surface area contributed by atoms with Crippen molar-refractivity contribution in [3.63, 3.8) is 0 Å². The van der Waals surface area contributed by atoms with E-state index in [1.807, 2.05) is 12.1 Å². The first kappa shape index (κ1) is 12.7. The number of nitrogens with zero attached hydrogens (tertiary/aromatic N) is 2. The van der Waals surface area contributed by atoms with Gasteiger partial charge in [-0.05, 0) is 24.1 Å². The Labute approximate surface area is 118 Å². The van der Waals surface area contributed by atoms with Gasteiger partial charge >= 0.3 is 0 Å². The van der Waals surface area contributed by atoms with Crippen molar-refractivity contribution >= 4 is 11.7 Å². The van der Waals surface area contributed by atoms with Gasteiger partial charge in [0.25, 0.3) is 0 Å². The molecule has 20 heavy (non-hydrogen) atoms. The second-order valence-electron chi connectivity index (χ2n) is 5.16. The fourth-order valence-electron chi connectivity index (χ4n) is 2.72. The lowest BCUT2D eigenvalue weighted by molar-refractivity contribution is 0.774. The van der Waals surface area contributed by atoms with Gasteiger partial charge in [0.2, 0.25) is 0 Å². The first-order chi connectivity index (χ1) is 9.74. The largest absolute Gasteiger partial charge is 0.384 e. The Hall–Kier alpha value is -2.36. The van der Waals surface area contributed by atoms with Crippen molar-refractivity contribution in [2.75, 3.05) is 18.0 Å². The summed E-state index contributed by atoms with van der Waals surface area (Å²) in [5, 5.41) is 7.51. The van der Waals surface area contributed by atoms with Crippen LogP contribution in [0, 0.1) is 5.41 Å². The van der Waals surface area contributed by atoms with Crippen molar-refractivity contribution in [2.24, 2.45) is 5.73 Å². The number of aromatic nitrogens is 1. The number of nitrogens with one attached hydrogen (secondary N) is 1. The average Bonchev–Trinajstić information content (AvgIpc) is 2.98. The SMILES string of the molecule is N=C(N)c1ccnc(N2CCC(c3ccccc3)C2)c1. The summed E-state index contributed by atoms with van der Waals surface area (Å²) in [7, 11) is 0. The second kappa shape index (κ2) is 5.33. The molecule has 0 spiro atoms. The Morgan fingerprint density at radius 3 is 2.80 bits per heavy atom. The van der Waals surface area contributed by atoms with E-state index in [0.717, 1.165) is 30.9 Å². The van der Waals surface area contributed by atoms with E-state index in [1.165, 1.54) is 5.56 Å². The average molecular weight is 266 g/mol. The standard InChI is InChI=1S/C16H18N4/c17-16(18)13-6-8-19-15(10-13)20-9-7-14(11-20)12-4-2-1-3-5-12/h1-6,8,10,14H,7,9,11H2,(H3,17,18). The van der Waals surface area contributed by atoms with Crippen LogP contribution in [0.2, 0.25) is 0 Å². The maximum Gasteiger partial charge on any atom is 0.129 e. The first-order valence-electron chi connectivity index (χ1n) is 6.84. The van der Waals surface area contributed by atoms with Crippen molar-refractivity contribution in [2.45, 2.75) is 12.3 Å². The molecule has 1 unspecified atom stereocenters. The Morgan fingerprint density at radius 1 is 1.25 bits per heavy atom. The zero-order chi connectivity index (χ0) is 13.9. The highest BCUT2D eigenvalue weighted by atomic mass is 15.2. The van der Waals surface area contributed by atoms with E-state index in [1.54, 1.807) is 12.3 Å². The molecule has 4 heteroatoms. The lowest BCUT2D eigenvalue weighted by Crippen LogP contribution is -2.21. The molecular weight excluding hydrogens is 248 g/mol.